The van der Waals surface area contributed by atoms with E-state index in [2.05, 4.69) is 26.2 Å². The number of nitrogens with zero attached hydrogens (tertiary/aromatic N) is 3. The molecule has 1 aliphatic rings. The first kappa shape index (κ1) is 20.7. The quantitative estimate of drug-likeness (QED) is 0.414. The first-order valence-electron chi connectivity index (χ1n) is 10.6. The van der Waals surface area contributed by atoms with Gasteiger partial charge >= 0.3 is 0 Å². The molecule has 10 nitrogen and oxygen atoms in total. The van der Waals surface area contributed by atoms with Crippen molar-refractivity contribution in [2.45, 2.75) is 32.1 Å². The molecule has 10 heteroatoms. The summed E-state index contributed by atoms with van der Waals surface area (Å²) in [5, 5.41) is 17.5. The lowest BCUT2D eigenvalue weighted by molar-refractivity contribution is -0.125. The molecule has 2 unspecified atom stereocenters. The van der Waals surface area contributed by atoms with Crippen LogP contribution in [0, 0.1) is 0 Å². The molecule has 0 saturated carbocycles. The van der Waals surface area contributed by atoms with Crippen molar-refractivity contribution in [3.05, 3.63) is 66.6 Å². The number of amides is 2. The van der Waals surface area contributed by atoms with Crippen LogP contribution in [-0.4, -0.2) is 32.8 Å². The molecule has 1 saturated heterocycles. The highest BCUT2D eigenvalue weighted by molar-refractivity contribution is 6.03. The van der Waals surface area contributed by atoms with E-state index in [0.29, 0.717) is 29.5 Å². The van der Waals surface area contributed by atoms with Gasteiger partial charge < -0.3 is 19.6 Å². The predicted molar refractivity (Wildman–Crippen MR) is 119 cm³/mol. The summed E-state index contributed by atoms with van der Waals surface area (Å²) >= 11 is 0. The number of aromatic nitrogens is 3. The van der Waals surface area contributed by atoms with E-state index in [0.717, 1.165) is 12.0 Å². The first-order chi connectivity index (χ1) is 16.1. The smallest absolute Gasteiger partial charge is 0.279 e. The van der Waals surface area contributed by atoms with Gasteiger partial charge in [0.2, 0.25) is 5.91 Å². The van der Waals surface area contributed by atoms with Gasteiger partial charge in [-0.1, -0.05) is 42.4 Å². The molecule has 0 spiro atoms. The van der Waals surface area contributed by atoms with Crippen molar-refractivity contribution in [1.29, 1.82) is 0 Å². The average molecular weight is 446 g/mol. The number of furan rings is 1. The fourth-order valence-corrected chi connectivity index (χ4v) is 3.68. The molecule has 168 valence electrons. The number of anilines is 1. The fourth-order valence-electron chi connectivity index (χ4n) is 3.68. The maximum atomic E-state index is 13.0. The van der Waals surface area contributed by atoms with Crippen LogP contribution in [0.5, 0.6) is 0 Å². The van der Waals surface area contributed by atoms with Crippen molar-refractivity contribution in [1.82, 2.24) is 25.6 Å². The zero-order valence-electron chi connectivity index (χ0n) is 17.8. The molecule has 2 amide bonds. The Hall–Kier alpha value is -4.18. The Balaban J connectivity index is 1.44. The summed E-state index contributed by atoms with van der Waals surface area (Å²) in [6.45, 7) is 2.00. The monoisotopic (exact) mass is 446 g/mol. The van der Waals surface area contributed by atoms with Crippen LogP contribution in [0.4, 0.5) is 5.82 Å². The average Bonchev–Trinajstić information content (AvgIpc) is 3.60. The van der Waals surface area contributed by atoms with Crippen LogP contribution in [0.1, 0.15) is 36.5 Å². The maximum Gasteiger partial charge on any atom is 0.279 e. The van der Waals surface area contributed by atoms with Gasteiger partial charge in [-0.25, -0.2) is 4.68 Å². The van der Waals surface area contributed by atoms with Crippen molar-refractivity contribution in [2.75, 3.05) is 5.32 Å². The second-order valence-electron chi connectivity index (χ2n) is 7.68. The molecule has 5 rings (SSSR count). The Morgan fingerprint density at radius 2 is 2.03 bits per heavy atom. The Labute approximate surface area is 188 Å². The van der Waals surface area contributed by atoms with E-state index >= 15 is 0 Å². The maximum absolute atomic E-state index is 13.0. The molecule has 3 aromatic heterocycles. The molecule has 1 fully saturated rings. The molecule has 0 bridgehead atoms. The zero-order valence-corrected chi connectivity index (χ0v) is 17.8. The molecule has 1 aromatic carbocycles. The summed E-state index contributed by atoms with van der Waals surface area (Å²) < 4.78 is 12.3. The summed E-state index contributed by atoms with van der Waals surface area (Å²) in [6, 6.07) is 16.2. The first-order valence-corrected chi connectivity index (χ1v) is 10.6. The lowest BCUT2D eigenvalue weighted by Gasteiger charge is -2.31. The minimum Gasteiger partial charge on any atom is -0.463 e. The summed E-state index contributed by atoms with van der Waals surface area (Å²) in [4.78, 5) is 25.2. The summed E-state index contributed by atoms with van der Waals surface area (Å²) in [6.07, 6.45) is 2.06. The Bertz CT molecular complexity index is 1260. The molecular formula is C23H22N6O4. The molecule has 3 N–H and O–H groups in total. The summed E-state index contributed by atoms with van der Waals surface area (Å²) in [7, 11) is 0. The van der Waals surface area contributed by atoms with Crippen LogP contribution in [0.25, 0.3) is 22.8 Å². The minimum atomic E-state index is -0.632. The normalized spacial score (nSPS) is 18.2. The van der Waals surface area contributed by atoms with Crippen LogP contribution in [0.15, 0.2) is 69.8 Å². The number of hydrogen-bond acceptors (Lipinski definition) is 7. The molecule has 2 atom stereocenters. The Morgan fingerprint density at radius 1 is 1.18 bits per heavy atom. The minimum absolute atomic E-state index is 0.00691. The highest BCUT2D eigenvalue weighted by Gasteiger charge is 2.29. The topological polar surface area (TPSA) is 127 Å². The summed E-state index contributed by atoms with van der Waals surface area (Å²) in [5.41, 5.74) is 1.44. The van der Waals surface area contributed by atoms with Crippen molar-refractivity contribution in [3.63, 3.8) is 0 Å². The second-order valence-corrected chi connectivity index (χ2v) is 7.68. The molecule has 0 radical (unpaired) electrons. The van der Waals surface area contributed by atoms with Gasteiger partial charge in [0.15, 0.2) is 23.5 Å². The third kappa shape index (κ3) is 4.28. The SMILES string of the molecule is CCC1CC(=O)NC(n2nc(-c3ccco3)cc2NC(=O)c2cc(-c3ccccc3)on2)N1. The van der Waals surface area contributed by atoms with Gasteiger partial charge in [0, 0.05) is 30.2 Å². The van der Waals surface area contributed by atoms with Gasteiger partial charge in [-0.15, -0.1) is 0 Å². The van der Waals surface area contributed by atoms with E-state index in [1.54, 1.807) is 30.5 Å². The Morgan fingerprint density at radius 3 is 2.79 bits per heavy atom. The van der Waals surface area contributed by atoms with Gasteiger partial charge in [0.1, 0.15) is 11.5 Å². The van der Waals surface area contributed by atoms with Crippen LogP contribution in [0.3, 0.4) is 0 Å². The predicted octanol–water partition coefficient (Wildman–Crippen LogP) is 3.39. The number of benzene rings is 1. The van der Waals surface area contributed by atoms with Crippen LogP contribution in [0.2, 0.25) is 0 Å². The van der Waals surface area contributed by atoms with Crippen LogP contribution < -0.4 is 16.0 Å². The summed E-state index contributed by atoms with van der Waals surface area (Å²) in [5.74, 6) is 0.818. The van der Waals surface area contributed by atoms with Crippen molar-refractivity contribution >= 4 is 17.6 Å². The van der Waals surface area contributed by atoms with Gasteiger partial charge in [-0.05, 0) is 18.6 Å². The second kappa shape index (κ2) is 8.75. The van der Waals surface area contributed by atoms with Gasteiger partial charge in [0.25, 0.3) is 5.91 Å². The van der Waals surface area contributed by atoms with Crippen LogP contribution >= 0.6 is 0 Å². The number of carbonyl (C=O) groups excluding carboxylic acids is 2. The van der Waals surface area contributed by atoms with E-state index in [1.807, 2.05) is 37.3 Å². The molecule has 4 heterocycles. The van der Waals surface area contributed by atoms with E-state index in [-0.39, 0.29) is 17.6 Å². The lowest BCUT2D eigenvalue weighted by atomic mass is 10.1. The number of rotatable bonds is 6. The highest BCUT2D eigenvalue weighted by atomic mass is 16.5. The molecular weight excluding hydrogens is 424 g/mol. The van der Waals surface area contributed by atoms with Crippen LogP contribution in [-0.2, 0) is 4.79 Å². The number of hydrogen-bond donors (Lipinski definition) is 3. The largest absolute Gasteiger partial charge is 0.463 e. The van der Waals surface area contributed by atoms with Gasteiger partial charge in [0.05, 0.1) is 6.26 Å². The lowest BCUT2D eigenvalue weighted by Crippen LogP contribution is -2.53. The van der Waals surface area contributed by atoms with Gasteiger partial charge in [-0.2, -0.15) is 5.10 Å². The standard InChI is InChI=1S/C23H22N6O4/c1-2-15-11-21(30)26-23(24-15)29-20(13-16(27-29)18-9-6-10-32-18)25-22(31)17-12-19(33-28-17)14-7-4-3-5-8-14/h3-10,12-13,15,23-24H,2,11H2,1H3,(H,25,31)(H,26,30). The molecule has 4 aromatic rings. The molecule has 1 aliphatic heterocycles. The third-order valence-electron chi connectivity index (χ3n) is 5.41. The zero-order chi connectivity index (χ0) is 22.8. The molecule has 0 aliphatic carbocycles. The number of nitrogens with one attached hydrogen (secondary N) is 3. The van der Waals surface area contributed by atoms with E-state index < -0.39 is 12.2 Å². The van der Waals surface area contributed by atoms with Crippen molar-refractivity contribution in [3.8, 4) is 22.8 Å². The van der Waals surface area contributed by atoms with Crippen molar-refractivity contribution < 1.29 is 18.5 Å². The third-order valence-corrected chi connectivity index (χ3v) is 5.41. The van der Waals surface area contributed by atoms with Gasteiger partial charge in [-0.3, -0.25) is 14.9 Å². The van der Waals surface area contributed by atoms with E-state index in [1.165, 1.54) is 4.68 Å². The number of carbonyl (C=O) groups is 2. The van der Waals surface area contributed by atoms with Crippen molar-refractivity contribution in [2.24, 2.45) is 0 Å². The van der Waals surface area contributed by atoms with E-state index in [9.17, 15) is 9.59 Å². The van der Waals surface area contributed by atoms with E-state index in [4.69, 9.17) is 8.94 Å². The highest BCUT2D eigenvalue weighted by Crippen LogP contribution is 2.26. The molecule has 33 heavy (non-hydrogen) atoms. The fraction of sp³-hybridized carbons (Fsp3) is 0.217. The Kier molecular flexibility index (Phi) is 5.49.